The third-order valence-corrected chi connectivity index (χ3v) is 4.13. The van der Waals surface area contributed by atoms with Crippen LogP contribution in [0.1, 0.15) is 32.2 Å². The number of ether oxygens (including phenoxy) is 3. The fourth-order valence-corrected chi connectivity index (χ4v) is 2.57. The van der Waals surface area contributed by atoms with Gasteiger partial charge in [-0.1, -0.05) is 0 Å². The van der Waals surface area contributed by atoms with Crippen LogP contribution in [-0.2, 0) is 11.3 Å². The van der Waals surface area contributed by atoms with Crippen LogP contribution in [-0.4, -0.2) is 31.5 Å². The Morgan fingerprint density at radius 3 is 2.50 bits per heavy atom. The number of methoxy groups -OCH3 is 2. The van der Waals surface area contributed by atoms with Crippen molar-refractivity contribution in [3.63, 3.8) is 0 Å². The third kappa shape index (κ3) is 4.03. The normalized spacial score (nSPS) is 10.4. The Morgan fingerprint density at radius 2 is 1.86 bits per heavy atom. The SMILES string of the molecule is COC(=O)c1ccc(-c2nc(COc3ccc(C=O)cc3OC)c(C)o2)cc1. The van der Waals surface area contributed by atoms with E-state index in [1.54, 1.807) is 49.4 Å². The maximum absolute atomic E-state index is 11.5. The van der Waals surface area contributed by atoms with Crippen molar-refractivity contribution in [2.45, 2.75) is 13.5 Å². The van der Waals surface area contributed by atoms with Crippen LogP contribution < -0.4 is 9.47 Å². The lowest BCUT2D eigenvalue weighted by Crippen LogP contribution is -2.00. The molecule has 0 saturated carbocycles. The van der Waals surface area contributed by atoms with Gasteiger partial charge in [-0.3, -0.25) is 4.79 Å². The first-order valence-corrected chi connectivity index (χ1v) is 8.46. The van der Waals surface area contributed by atoms with Crippen LogP contribution in [0.25, 0.3) is 11.5 Å². The number of nitrogens with zero attached hydrogens (tertiary/aromatic N) is 1. The molecule has 0 amide bonds. The van der Waals surface area contributed by atoms with Gasteiger partial charge in [-0.05, 0) is 49.4 Å². The van der Waals surface area contributed by atoms with Crippen molar-refractivity contribution in [3.8, 4) is 23.0 Å². The molecule has 7 heteroatoms. The molecule has 3 rings (SSSR count). The fraction of sp³-hybridized carbons (Fsp3) is 0.190. The summed E-state index contributed by atoms with van der Waals surface area (Å²) in [6.07, 6.45) is 0.742. The highest BCUT2D eigenvalue weighted by atomic mass is 16.5. The number of esters is 1. The predicted molar refractivity (Wildman–Crippen MR) is 101 cm³/mol. The molecule has 0 radical (unpaired) electrons. The van der Waals surface area contributed by atoms with Crippen molar-refractivity contribution >= 4 is 12.3 Å². The highest BCUT2D eigenvalue weighted by Gasteiger charge is 2.14. The number of carbonyl (C=O) groups is 2. The minimum absolute atomic E-state index is 0.173. The monoisotopic (exact) mass is 381 g/mol. The van der Waals surface area contributed by atoms with Gasteiger partial charge in [0.2, 0.25) is 5.89 Å². The van der Waals surface area contributed by atoms with Crippen molar-refractivity contribution < 1.29 is 28.2 Å². The van der Waals surface area contributed by atoms with Gasteiger partial charge >= 0.3 is 5.97 Å². The largest absolute Gasteiger partial charge is 0.493 e. The minimum Gasteiger partial charge on any atom is -0.493 e. The smallest absolute Gasteiger partial charge is 0.337 e. The maximum Gasteiger partial charge on any atom is 0.337 e. The van der Waals surface area contributed by atoms with Crippen LogP contribution in [0, 0.1) is 6.92 Å². The number of aldehydes is 1. The van der Waals surface area contributed by atoms with Gasteiger partial charge < -0.3 is 18.6 Å². The maximum atomic E-state index is 11.5. The van der Waals surface area contributed by atoms with Crippen LogP contribution in [0.3, 0.4) is 0 Å². The summed E-state index contributed by atoms with van der Waals surface area (Å²) in [4.78, 5) is 26.9. The molecule has 2 aromatic carbocycles. The number of hydrogen-bond acceptors (Lipinski definition) is 7. The standard InChI is InChI=1S/C21H19NO6/c1-13-17(12-27-18-9-4-14(11-23)10-19(18)25-2)22-20(28-13)15-5-7-16(8-6-15)21(24)26-3/h4-11H,12H2,1-3H3. The molecule has 28 heavy (non-hydrogen) atoms. The first kappa shape index (κ1) is 19.2. The van der Waals surface area contributed by atoms with Gasteiger partial charge in [-0.2, -0.15) is 0 Å². The lowest BCUT2D eigenvalue weighted by atomic mass is 10.1. The zero-order valence-corrected chi connectivity index (χ0v) is 15.7. The van der Waals surface area contributed by atoms with E-state index < -0.39 is 5.97 Å². The first-order valence-electron chi connectivity index (χ1n) is 8.46. The molecule has 0 bridgehead atoms. The van der Waals surface area contributed by atoms with E-state index in [4.69, 9.17) is 13.9 Å². The third-order valence-electron chi connectivity index (χ3n) is 4.13. The van der Waals surface area contributed by atoms with E-state index >= 15 is 0 Å². The summed E-state index contributed by atoms with van der Waals surface area (Å²) in [6.45, 7) is 1.97. The summed E-state index contributed by atoms with van der Waals surface area (Å²) in [6, 6.07) is 11.7. The average molecular weight is 381 g/mol. The average Bonchev–Trinajstić information content (AvgIpc) is 3.12. The lowest BCUT2D eigenvalue weighted by molar-refractivity contribution is 0.0600. The highest BCUT2D eigenvalue weighted by Crippen LogP contribution is 2.29. The molecule has 0 aliphatic carbocycles. The topological polar surface area (TPSA) is 87.9 Å². The molecule has 0 N–H and O–H groups in total. The van der Waals surface area contributed by atoms with Gasteiger partial charge in [0, 0.05) is 11.1 Å². The Hall–Kier alpha value is -3.61. The van der Waals surface area contributed by atoms with Crippen LogP contribution in [0.2, 0.25) is 0 Å². The molecule has 3 aromatic rings. The van der Waals surface area contributed by atoms with Gasteiger partial charge in [0.25, 0.3) is 0 Å². The molecular weight excluding hydrogens is 362 g/mol. The summed E-state index contributed by atoms with van der Waals surface area (Å²) in [7, 11) is 2.84. The molecule has 1 heterocycles. The second kappa shape index (κ2) is 8.39. The van der Waals surface area contributed by atoms with E-state index in [2.05, 4.69) is 9.72 Å². The summed E-state index contributed by atoms with van der Waals surface area (Å²) in [5.74, 6) is 1.61. The summed E-state index contributed by atoms with van der Waals surface area (Å²) < 4.78 is 21.5. The number of carbonyl (C=O) groups excluding carboxylic acids is 2. The Bertz CT molecular complexity index is 991. The summed E-state index contributed by atoms with van der Waals surface area (Å²) >= 11 is 0. The van der Waals surface area contributed by atoms with Crippen molar-refractivity contribution in [3.05, 3.63) is 65.0 Å². The van der Waals surface area contributed by atoms with Gasteiger partial charge in [0.15, 0.2) is 11.5 Å². The highest BCUT2D eigenvalue weighted by molar-refractivity contribution is 5.89. The van der Waals surface area contributed by atoms with Crippen molar-refractivity contribution in [1.82, 2.24) is 4.98 Å². The lowest BCUT2D eigenvalue weighted by Gasteiger charge is -2.10. The molecule has 0 aliphatic rings. The van der Waals surface area contributed by atoms with Crippen molar-refractivity contribution in [1.29, 1.82) is 0 Å². The van der Waals surface area contributed by atoms with Gasteiger partial charge in [0.05, 0.1) is 19.8 Å². The summed E-state index contributed by atoms with van der Waals surface area (Å²) in [5, 5.41) is 0. The molecule has 1 aromatic heterocycles. The number of benzene rings is 2. The van der Waals surface area contributed by atoms with Crippen molar-refractivity contribution in [2.24, 2.45) is 0 Å². The van der Waals surface area contributed by atoms with E-state index in [1.807, 2.05) is 0 Å². The number of hydrogen-bond donors (Lipinski definition) is 0. The van der Waals surface area contributed by atoms with E-state index in [1.165, 1.54) is 14.2 Å². The van der Waals surface area contributed by atoms with Crippen molar-refractivity contribution in [2.75, 3.05) is 14.2 Å². The Balaban J connectivity index is 1.76. The number of aryl methyl sites for hydroxylation is 1. The zero-order valence-electron chi connectivity index (χ0n) is 15.7. The number of rotatable bonds is 7. The van der Waals surface area contributed by atoms with Crippen LogP contribution in [0.4, 0.5) is 0 Å². The molecule has 0 atom stereocenters. The molecule has 7 nitrogen and oxygen atoms in total. The second-order valence-corrected chi connectivity index (χ2v) is 5.91. The predicted octanol–water partition coefficient (Wildman–Crippen LogP) is 3.84. The van der Waals surface area contributed by atoms with E-state index in [0.717, 1.165) is 11.8 Å². The second-order valence-electron chi connectivity index (χ2n) is 5.91. The van der Waals surface area contributed by atoms with Crippen LogP contribution in [0.5, 0.6) is 11.5 Å². The van der Waals surface area contributed by atoms with E-state index in [0.29, 0.717) is 40.0 Å². The van der Waals surface area contributed by atoms with Gasteiger partial charge in [-0.15, -0.1) is 0 Å². The molecule has 0 aliphatic heterocycles. The fourth-order valence-electron chi connectivity index (χ4n) is 2.57. The Kier molecular flexibility index (Phi) is 5.74. The van der Waals surface area contributed by atoms with Crippen LogP contribution >= 0.6 is 0 Å². The minimum atomic E-state index is -0.404. The Morgan fingerprint density at radius 1 is 1.11 bits per heavy atom. The molecule has 0 fully saturated rings. The number of oxazole rings is 1. The van der Waals surface area contributed by atoms with Crippen LogP contribution in [0.15, 0.2) is 46.9 Å². The number of aromatic nitrogens is 1. The Labute approximate surface area is 161 Å². The molecule has 0 saturated heterocycles. The molecule has 0 unspecified atom stereocenters. The molecule has 144 valence electrons. The van der Waals surface area contributed by atoms with E-state index in [-0.39, 0.29) is 6.61 Å². The summed E-state index contributed by atoms with van der Waals surface area (Å²) in [5.41, 5.74) is 2.31. The molecule has 0 spiro atoms. The zero-order chi connectivity index (χ0) is 20.1. The van der Waals surface area contributed by atoms with Gasteiger partial charge in [-0.25, -0.2) is 9.78 Å². The first-order chi connectivity index (χ1) is 13.5. The molecular formula is C21H19NO6. The quantitative estimate of drug-likeness (QED) is 0.454. The van der Waals surface area contributed by atoms with E-state index in [9.17, 15) is 9.59 Å². The van der Waals surface area contributed by atoms with Gasteiger partial charge in [0.1, 0.15) is 24.3 Å².